The van der Waals surface area contributed by atoms with Crippen LogP contribution in [0.3, 0.4) is 0 Å². The Morgan fingerprint density at radius 2 is 2.27 bits per heavy atom. The highest BCUT2D eigenvalue weighted by atomic mass is 15.2. The van der Waals surface area contributed by atoms with Gasteiger partial charge in [-0.05, 0) is 12.8 Å². The van der Waals surface area contributed by atoms with E-state index in [-0.39, 0.29) is 0 Å². The summed E-state index contributed by atoms with van der Waals surface area (Å²) in [6.07, 6.45) is 7.52. The maximum atomic E-state index is 5.45. The van der Waals surface area contributed by atoms with Gasteiger partial charge in [-0.2, -0.15) is 0 Å². The van der Waals surface area contributed by atoms with Crippen molar-refractivity contribution in [2.24, 2.45) is 5.73 Å². The van der Waals surface area contributed by atoms with Crippen molar-refractivity contribution < 1.29 is 0 Å². The van der Waals surface area contributed by atoms with Crippen LogP contribution in [0.25, 0.3) is 0 Å². The summed E-state index contributed by atoms with van der Waals surface area (Å²) >= 11 is 0. The normalized spacial score (nSPS) is 10.0. The van der Waals surface area contributed by atoms with Gasteiger partial charge in [-0.3, -0.25) is 4.98 Å². The van der Waals surface area contributed by atoms with E-state index in [1.165, 1.54) is 0 Å². The van der Waals surface area contributed by atoms with Crippen LogP contribution >= 0.6 is 0 Å². The first-order valence-corrected chi connectivity index (χ1v) is 5.11. The van der Waals surface area contributed by atoms with Crippen LogP contribution in [0.5, 0.6) is 0 Å². The van der Waals surface area contributed by atoms with E-state index >= 15 is 0 Å². The summed E-state index contributed by atoms with van der Waals surface area (Å²) in [7, 11) is 2.01. The zero-order chi connectivity index (χ0) is 11.1. The lowest BCUT2D eigenvalue weighted by molar-refractivity contribution is 0.786. The Kier molecular flexibility index (Phi) is 4.77. The van der Waals surface area contributed by atoms with Gasteiger partial charge >= 0.3 is 0 Å². The molecule has 0 aliphatic rings. The van der Waals surface area contributed by atoms with Crippen LogP contribution in [0, 0.1) is 0 Å². The molecule has 4 heteroatoms. The summed E-state index contributed by atoms with van der Waals surface area (Å²) < 4.78 is 0. The average Bonchev–Trinajstić information content (AvgIpc) is 2.29. The van der Waals surface area contributed by atoms with Crippen LogP contribution in [-0.2, 0) is 6.54 Å². The molecule has 1 heterocycles. The molecule has 82 valence electrons. The van der Waals surface area contributed by atoms with Gasteiger partial charge in [0, 0.05) is 20.1 Å². The van der Waals surface area contributed by atoms with Gasteiger partial charge in [-0.1, -0.05) is 6.08 Å². The van der Waals surface area contributed by atoms with E-state index in [1.807, 2.05) is 13.1 Å². The molecular weight excluding hydrogens is 188 g/mol. The lowest BCUT2D eigenvalue weighted by atomic mass is 10.3. The molecule has 15 heavy (non-hydrogen) atoms. The third kappa shape index (κ3) is 3.67. The Balaban J connectivity index is 2.50. The van der Waals surface area contributed by atoms with Gasteiger partial charge < -0.3 is 10.6 Å². The van der Waals surface area contributed by atoms with Gasteiger partial charge in [0.25, 0.3) is 0 Å². The Labute approximate surface area is 90.8 Å². The van der Waals surface area contributed by atoms with Crippen molar-refractivity contribution in [2.75, 3.05) is 18.5 Å². The second-order valence-corrected chi connectivity index (χ2v) is 3.42. The maximum absolute atomic E-state index is 5.45. The molecule has 0 atom stereocenters. The van der Waals surface area contributed by atoms with E-state index in [2.05, 4.69) is 21.4 Å². The van der Waals surface area contributed by atoms with Crippen LogP contribution in [-0.4, -0.2) is 23.6 Å². The van der Waals surface area contributed by atoms with Crippen LogP contribution in [0.1, 0.15) is 18.5 Å². The molecule has 0 bridgehead atoms. The highest BCUT2D eigenvalue weighted by Gasteiger charge is 2.01. The Hall–Kier alpha value is -1.42. The molecule has 0 unspecified atom stereocenters. The summed E-state index contributed by atoms with van der Waals surface area (Å²) in [6.45, 7) is 5.09. The molecule has 4 nitrogen and oxygen atoms in total. The molecule has 0 saturated heterocycles. The molecule has 1 aromatic rings. The number of anilines is 1. The molecule has 0 aliphatic heterocycles. The van der Waals surface area contributed by atoms with Crippen molar-refractivity contribution in [3.05, 3.63) is 30.7 Å². The van der Waals surface area contributed by atoms with E-state index in [9.17, 15) is 0 Å². The SMILES string of the molecule is C=CCCCN(C)c1cnc(CN)cn1. The second kappa shape index (κ2) is 6.14. The Morgan fingerprint density at radius 1 is 1.47 bits per heavy atom. The van der Waals surface area contributed by atoms with Gasteiger partial charge in [0.1, 0.15) is 5.82 Å². The molecule has 0 aliphatic carbocycles. The molecular formula is C11H18N4. The van der Waals surface area contributed by atoms with Crippen LogP contribution < -0.4 is 10.6 Å². The van der Waals surface area contributed by atoms with Crippen molar-refractivity contribution >= 4 is 5.82 Å². The quantitative estimate of drug-likeness (QED) is 0.563. The topological polar surface area (TPSA) is 55.0 Å². The predicted octanol–water partition coefficient (Wildman–Crippen LogP) is 1.34. The van der Waals surface area contributed by atoms with E-state index in [4.69, 9.17) is 5.73 Å². The molecule has 0 fully saturated rings. The van der Waals surface area contributed by atoms with E-state index in [1.54, 1.807) is 12.4 Å². The number of hydrogen-bond donors (Lipinski definition) is 1. The predicted molar refractivity (Wildman–Crippen MR) is 62.6 cm³/mol. The number of allylic oxidation sites excluding steroid dienone is 1. The number of unbranched alkanes of at least 4 members (excludes halogenated alkanes) is 1. The summed E-state index contributed by atoms with van der Waals surface area (Å²) in [4.78, 5) is 10.6. The van der Waals surface area contributed by atoms with Crippen LogP contribution in [0.2, 0.25) is 0 Å². The summed E-state index contributed by atoms with van der Waals surface area (Å²) in [5.41, 5.74) is 6.26. The second-order valence-electron chi connectivity index (χ2n) is 3.42. The first kappa shape index (κ1) is 11.7. The molecule has 0 saturated carbocycles. The molecule has 0 spiro atoms. The molecule has 0 radical (unpaired) electrons. The zero-order valence-corrected chi connectivity index (χ0v) is 9.19. The molecule has 0 aromatic carbocycles. The van der Waals surface area contributed by atoms with Crippen molar-refractivity contribution in [1.82, 2.24) is 9.97 Å². The molecule has 2 N–H and O–H groups in total. The first-order chi connectivity index (χ1) is 7.27. The van der Waals surface area contributed by atoms with Gasteiger partial charge in [-0.25, -0.2) is 4.98 Å². The largest absolute Gasteiger partial charge is 0.358 e. The van der Waals surface area contributed by atoms with Crippen molar-refractivity contribution in [2.45, 2.75) is 19.4 Å². The van der Waals surface area contributed by atoms with Gasteiger partial charge in [0.2, 0.25) is 0 Å². The fourth-order valence-corrected chi connectivity index (χ4v) is 1.24. The molecule has 1 aromatic heterocycles. The third-order valence-corrected chi connectivity index (χ3v) is 2.19. The fraction of sp³-hybridized carbons (Fsp3) is 0.455. The van der Waals surface area contributed by atoms with Crippen molar-refractivity contribution in [1.29, 1.82) is 0 Å². The highest BCUT2D eigenvalue weighted by molar-refractivity contribution is 5.34. The molecule has 0 amide bonds. The Morgan fingerprint density at radius 3 is 2.80 bits per heavy atom. The third-order valence-electron chi connectivity index (χ3n) is 2.19. The zero-order valence-electron chi connectivity index (χ0n) is 9.19. The fourth-order valence-electron chi connectivity index (χ4n) is 1.24. The van der Waals surface area contributed by atoms with Crippen molar-refractivity contribution in [3.8, 4) is 0 Å². The van der Waals surface area contributed by atoms with Gasteiger partial charge in [0.05, 0.1) is 18.1 Å². The summed E-state index contributed by atoms with van der Waals surface area (Å²) in [5.74, 6) is 0.885. The summed E-state index contributed by atoms with van der Waals surface area (Å²) in [5, 5.41) is 0. The number of aromatic nitrogens is 2. The standard InChI is InChI=1S/C11H18N4/c1-3-4-5-6-15(2)11-9-13-10(7-12)8-14-11/h3,8-9H,1,4-7,12H2,2H3. The first-order valence-electron chi connectivity index (χ1n) is 5.11. The number of nitrogens with two attached hydrogens (primary N) is 1. The highest BCUT2D eigenvalue weighted by Crippen LogP contribution is 2.07. The number of hydrogen-bond acceptors (Lipinski definition) is 4. The van der Waals surface area contributed by atoms with E-state index in [0.717, 1.165) is 30.9 Å². The maximum Gasteiger partial charge on any atom is 0.146 e. The Bertz CT molecular complexity index is 294. The van der Waals surface area contributed by atoms with Gasteiger partial charge in [-0.15, -0.1) is 6.58 Å². The van der Waals surface area contributed by atoms with Crippen LogP contribution in [0.4, 0.5) is 5.82 Å². The number of nitrogens with zero attached hydrogens (tertiary/aromatic N) is 3. The lowest BCUT2D eigenvalue weighted by Crippen LogP contribution is -2.20. The average molecular weight is 206 g/mol. The smallest absolute Gasteiger partial charge is 0.146 e. The molecule has 1 rings (SSSR count). The summed E-state index contributed by atoms with van der Waals surface area (Å²) in [6, 6.07) is 0. The lowest BCUT2D eigenvalue weighted by Gasteiger charge is -2.17. The minimum Gasteiger partial charge on any atom is -0.358 e. The minimum absolute atomic E-state index is 0.438. The van der Waals surface area contributed by atoms with E-state index in [0.29, 0.717) is 6.54 Å². The van der Waals surface area contributed by atoms with E-state index < -0.39 is 0 Å². The van der Waals surface area contributed by atoms with Crippen LogP contribution in [0.15, 0.2) is 25.0 Å². The monoisotopic (exact) mass is 206 g/mol. The van der Waals surface area contributed by atoms with Crippen molar-refractivity contribution in [3.63, 3.8) is 0 Å². The van der Waals surface area contributed by atoms with Gasteiger partial charge in [0.15, 0.2) is 0 Å². The minimum atomic E-state index is 0.438. The number of rotatable bonds is 6.